The van der Waals surface area contributed by atoms with Gasteiger partial charge in [0.25, 0.3) is 0 Å². The van der Waals surface area contributed by atoms with E-state index in [4.69, 9.17) is 4.74 Å². The molecular formula is C11H17BrFN3O. The van der Waals surface area contributed by atoms with Crippen molar-refractivity contribution in [3.05, 3.63) is 22.6 Å². The third-order valence-corrected chi connectivity index (χ3v) is 2.70. The molecule has 0 aromatic carbocycles. The van der Waals surface area contributed by atoms with Gasteiger partial charge in [0.05, 0.1) is 6.61 Å². The van der Waals surface area contributed by atoms with Gasteiger partial charge >= 0.3 is 0 Å². The average Bonchev–Trinajstić information content (AvgIpc) is 2.29. The van der Waals surface area contributed by atoms with E-state index in [1.54, 1.807) is 13.3 Å². The fourth-order valence-corrected chi connectivity index (χ4v) is 1.57. The Balaban J connectivity index is 2.30. The Labute approximate surface area is 109 Å². The highest BCUT2D eigenvalue weighted by molar-refractivity contribution is 9.10. The first-order valence-corrected chi connectivity index (χ1v) is 6.15. The lowest BCUT2D eigenvalue weighted by molar-refractivity contribution is 0.163. The van der Waals surface area contributed by atoms with Gasteiger partial charge in [0.2, 0.25) is 0 Å². The normalized spacial score (nSPS) is 10.9. The molecule has 0 amide bonds. The van der Waals surface area contributed by atoms with Crippen LogP contribution in [0.4, 0.5) is 10.2 Å². The number of nitrogens with zero attached hydrogens (tertiary/aromatic N) is 2. The molecule has 1 aromatic heterocycles. The van der Waals surface area contributed by atoms with E-state index in [0.29, 0.717) is 17.6 Å². The molecular weight excluding hydrogens is 289 g/mol. The summed E-state index contributed by atoms with van der Waals surface area (Å²) in [6.07, 6.45) is 1.57. The van der Waals surface area contributed by atoms with E-state index < -0.39 is 0 Å². The van der Waals surface area contributed by atoms with E-state index in [1.165, 1.54) is 6.07 Å². The number of ether oxygens (including phenoxy) is 1. The zero-order valence-electron chi connectivity index (χ0n) is 10.0. The quantitative estimate of drug-likeness (QED) is 0.836. The van der Waals surface area contributed by atoms with Crippen LogP contribution in [-0.4, -0.2) is 50.3 Å². The highest BCUT2D eigenvalue weighted by Crippen LogP contribution is 2.15. The molecule has 1 aromatic rings. The Morgan fingerprint density at radius 3 is 2.94 bits per heavy atom. The molecule has 0 bridgehead atoms. The number of nitrogens with one attached hydrogen (secondary N) is 1. The molecule has 1 heterocycles. The van der Waals surface area contributed by atoms with Crippen molar-refractivity contribution >= 4 is 21.7 Å². The van der Waals surface area contributed by atoms with Crippen LogP contribution in [-0.2, 0) is 4.74 Å². The van der Waals surface area contributed by atoms with Crippen LogP contribution < -0.4 is 5.32 Å². The molecule has 0 aliphatic heterocycles. The molecule has 4 nitrogen and oxygen atoms in total. The van der Waals surface area contributed by atoms with Gasteiger partial charge in [0, 0.05) is 37.4 Å². The van der Waals surface area contributed by atoms with E-state index in [0.717, 1.165) is 13.1 Å². The van der Waals surface area contributed by atoms with Crippen molar-refractivity contribution in [3.8, 4) is 0 Å². The second-order valence-corrected chi connectivity index (χ2v) is 4.62. The summed E-state index contributed by atoms with van der Waals surface area (Å²) in [6.45, 7) is 3.00. The molecule has 96 valence electrons. The topological polar surface area (TPSA) is 37.4 Å². The van der Waals surface area contributed by atoms with Crippen LogP contribution in [0.15, 0.2) is 16.7 Å². The summed E-state index contributed by atoms with van der Waals surface area (Å²) in [4.78, 5) is 6.07. The second kappa shape index (κ2) is 7.58. The minimum Gasteiger partial charge on any atom is -0.383 e. The Morgan fingerprint density at radius 2 is 2.29 bits per heavy atom. The molecule has 0 aliphatic rings. The van der Waals surface area contributed by atoms with Crippen LogP contribution in [0.5, 0.6) is 0 Å². The molecule has 17 heavy (non-hydrogen) atoms. The van der Waals surface area contributed by atoms with Crippen LogP contribution in [0.2, 0.25) is 0 Å². The number of aromatic nitrogens is 1. The summed E-state index contributed by atoms with van der Waals surface area (Å²) in [7, 11) is 3.67. The molecule has 1 N–H and O–H groups in total. The van der Waals surface area contributed by atoms with Crippen LogP contribution in [0.1, 0.15) is 0 Å². The first-order valence-electron chi connectivity index (χ1n) is 5.36. The maximum Gasteiger partial charge on any atom is 0.166 e. The third-order valence-electron chi connectivity index (χ3n) is 2.27. The van der Waals surface area contributed by atoms with Gasteiger partial charge in [-0.15, -0.1) is 0 Å². The monoisotopic (exact) mass is 305 g/mol. The standard InChI is InChI=1S/C11H17BrFN3O/c1-16(5-6-17-2)4-3-14-11-10(13)7-9(12)8-15-11/h7-8H,3-6H2,1-2H3,(H,14,15). The lowest BCUT2D eigenvalue weighted by atomic mass is 10.4. The van der Waals surface area contributed by atoms with Gasteiger partial charge in [-0.25, -0.2) is 9.37 Å². The van der Waals surface area contributed by atoms with Crippen LogP contribution in [0.25, 0.3) is 0 Å². The van der Waals surface area contributed by atoms with E-state index in [2.05, 4.69) is 31.1 Å². The maximum atomic E-state index is 13.4. The molecule has 1 rings (SSSR count). The van der Waals surface area contributed by atoms with E-state index in [9.17, 15) is 4.39 Å². The number of hydrogen-bond donors (Lipinski definition) is 1. The van der Waals surface area contributed by atoms with E-state index in [1.807, 2.05) is 7.05 Å². The number of methoxy groups -OCH3 is 1. The Bertz CT molecular complexity index is 351. The van der Waals surface area contributed by atoms with E-state index >= 15 is 0 Å². The van der Waals surface area contributed by atoms with Crippen molar-refractivity contribution in [2.45, 2.75) is 0 Å². The minimum atomic E-state index is -0.348. The molecule has 0 spiro atoms. The van der Waals surface area contributed by atoms with Crippen molar-refractivity contribution in [3.63, 3.8) is 0 Å². The Kier molecular flexibility index (Phi) is 6.39. The highest BCUT2D eigenvalue weighted by atomic mass is 79.9. The number of anilines is 1. The smallest absolute Gasteiger partial charge is 0.166 e. The SMILES string of the molecule is COCCN(C)CCNc1ncc(Br)cc1F. The molecule has 0 atom stereocenters. The first-order chi connectivity index (χ1) is 8.13. The minimum absolute atomic E-state index is 0.286. The summed E-state index contributed by atoms with van der Waals surface area (Å²) < 4.78 is 19.0. The van der Waals surface area contributed by atoms with Crippen molar-refractivity contribution in [1.29, 1.82) is 0 Å². The fourth-order valence-electron chi connectivity index (χ4n) is 1.27. The predicted molar refractivity (Wildman–Crippen MR) is 69.8 cm³/mol. The van der Waals surface area contributed by atoms with Gasteiger partial charge < -0.3 is 15.0 Å². The van der Waals surface area contributed by atoms with Gasteiger partial charge in [0.1, 0.15) is 0 Å². The number of pyridine rings is 1. The second-order valence-electron chi connectivity index (χ2n) is 3.71. The van der Waals surface area contributed by atoms with Gasteiger partial charge in [-0.3, -0.25) is 0 Å². The summed E-state index contributed by atoms with van der Waals surface area (Å²) >= 11 is 3.16. The summed E-state index contributed by atoms with van der Waals surface area (Å²) in [5, 5.41) is 2.96. The lowest BCUT2D eigenvalue weighted by Gasteiger charge is -2.16. The maximum absolute atomic E-state index is 13.4. The predicted octanol–water partition coefficient (Wildman–Crippen LogP) is 1.97. The lowest BCUT2D eigenvalue weighted by Crippen LogP contribution is -2.28. The zero-order chi connectivity index (χ0) is 12.7. The van der Waals surface area contributed by atoms with Crippen molar-refractivity contribution in [1.82, 2.24) is 9.88 Å². The zero-order valence-corrected chi connectivity index (χ0v) is 11.6. The largest absolute Gasteiger partial charge is 0.383 e. The summed E-state index contributed by atoms with van der Waals surface area (Å²) in [5.41, 5.74) is 0. The molecule has 0 saturated carbocycles. The average molecular weight is 306 g/mol. The summed E-state index contributed by atoms with van der Waals surface area (Å²) in [6, 6.07) is 1.39. The molecule has 0 unspecified atom stereocenters. The van der Waals surface area contributed by atoms with Gasteiger partial charge in [-0.1, -0.05) is 0 Å². The van der Waals surface area contributed by atoms with Crippen LogP contribution >= 0.6 is 15.9 Å². The summed E-state index contributed by atoms with van der Waals surface area (Å²) in [5.74, 6) is -0.0627. The number of rotatable bonds is 7. The van der Waals surface area contributed by atoms with Crippen LogP contribution in [0.3, 0.4) is 0 Å². The third kappa shape index (κ3) is 5.43. The molecule has 6 heteroatoms. The Morgan fingerprint density at radius 1 is 1.53 bits per heavy atom. The number of likely N-dealkylation sites (N-methyl/N-ethyl adjacent to an activating group) is 1. The highest BCUT2D eigenvalue weighted by Gasteiger charge is 2.04. The molecule has 0 aliphatic carbocycles. The van der Waals surface area contributed by atoms with Gasteiger partial charge in [-0.05, 0) is 29.0 Å². The Hall–Kier alpha value is -0.720. The van der Waals surface area contributed by atoms with Gasteiger partial charge in [-0.2, -0.15) is 0 Å². The van der Waals surface area contributed by atoms with E-state index in [-0.39, 0.29) is 11.6 Å². The van der Waals surface area contributed by atoms with Crippen LogP contribution in [0, 0.1) is 5.82 Å². The molecule has 0 fully saturated rings. The first kappa shape index (κ1) is 14.3. The van der Waals surface area contributed by atoms with Crippen molar-refractivity contribution in [2.24, 2.45) is 0 Å². The fraction of sp³-hybridized carbons (Fsp3) is 0.545. The molecule has 0 saturated heterocycles. The number of halogens is 2. The molecule has 0 radical (unpaired) electrons. The number of hydrogen-bond acceptors (Lipinski definition) is 4. The van der Waals surface area contributed by atoms with Crippen molar-refractivity contribution in [2.75, 3.05) is 45.7 Å². The van der Waals surface area contributed by atoms with Gasteiger partial charge in [0.15, 0.2) is 11.6 Å². The van der Waals surface area contributed by atoms with Crippen molar-refractivity contribution < 1.29 is 9.13 Å².